The van der Waals surface area contributed by atoms with Gasteiger partial charge in [-0.2, -0.15) is 13.2 Å². The molecule has 1 aromatic carbocycles. The SMILES string of the molecule is CNC(CCCC(F)(F)F)c1ccc2c(c1)CCO2. The molecule has 0 saturated carbocycles. The zero-order valence-electron chi connectivity index (χ0n) is 10.9. The lowest BCUT2D eigenvalue weighted by Gasteiger charge is -2.18. The van der Waals surface area contributed by atoms with E-state index in [0.717, 1.165) is 23.3 Å². The van der Waals surface area contributed by atoms with E-state index < -0.39 is 12.6 Å². The predicted molar refractivity (Wildman–Crippen MR) is 67.3 cm³/mol. The lowest BCUT2D eigenvalue weighted by Crippen LogP contribution is -2.17. The van der Waals surface area contributed by atoms with Gasteiger partial charge >= 0.3 is 6.18 Å². The molecule has 0 saturated heterocycles. The Bertz CT molecular complexity index is 431. The van der Waals surface area contributed by atoms with E-state index in [1.165, 1.54) is 0 Å². The number of rotatable bonds is 5. The molecule has 1 N–H and O–H groups in total. The summed E-state index contributed by atoms with van der Waals surface area (Å²) in [6.07, 6.45) is -3.29. The van der Waals surface area contributed by atoms with E-state index in [0.29, 0.717) is 13.0 Å². The maximum Gasteiger partial charge on any atom is 0.389 e. The molecule has 2 rings (SSSR count). The fourth-order valence-corrected chi connectivity index (χ4v) is 2.41. The van der Waals surface area contributed by atoms with Crippen LogP contribution in [0.15, 0.2) is 18.2 Å². The largest absolute Gasteiger partial charge is 0.493 e. The highest BCUT2D eigenvalue weighted by Crippen LogP contribution is 2.31. The fourth-order valence-electron chi connectivity index (χ4n) is 2.41. The van der Waals surface area contributed by atoms with Gasteiger partial charge < -0.3 is 10.1 Å². The number of hydrogen-bond donors (Lipinski definition) is 1. The molecule has 106 valence electrons. The van der Waals surface area contributed by atoms with Gasteiger partial charge in [-0.05, 0) is 37.1 Å². The minimum Gasteiger partial charge on any atom is -0.493 e. The number of fused-ring (bicyclic) bond motifs is 1. The topological polar surface area (TPSA) is 21.3 Å². The van der Waals surface area contributed by atoms with Crippen molar-refractivity contribution in [1.82, 2.24) is 5.32 Å². The van der Waals surface area contributed by atoms with Gasteiger partial charge in [-0.25, -0.2) is 0 Å². The van der Waals surface area contributed by atoms with Crippen LogP contribution in [-0.4, -0.2) is 19.8 Å². The summed E-state index contributed by atoms with van der Waals surface area (Å²) in [5.41, 5.74) is 2.18. The third kappa shape index (κ3) is 3.86. The van der Waals surface area contributed by atoms with Crippen LogP contribution >= 0.6 is 0 Å². The molecule has 1 unspecified atom stereocenters. The van der Waals surface area contributed by atoms with Gasteiger partial charge in [0, 0.05) is 18.9 Å². The molecule has 0 radical (unpaired) electrons. The van der Waals surface area contributed by atoms with Crippen molar-refractivity contribution in [2.75, 3.05) is 13.7 Å². The number of halogens is 3. The summed E-state index contributed by atoms with van der Waals surface area (Å²) < 4.78 is 41.9. The van der Waals surface area contributed by atoms with Crippen molar-refractivity contribution in [3.63, 3.8) is 0 Å². The van der Waals surface area contributed by atoms with Crippen molar-refractivity contribution in [3.05, 3.63) is 29.3 Å². The number of hydrogen-bond acceptors (Lipinski definition) is 2. The molecule has 0 amide bonds. The van der Waals surface area contributed by atoms with Crippen LogP contribution in [0.25, 0.3) is 0 Å². The van der Waals surface area contributed by atoms with E-state index in [4.69, 9.17) is 4.74 Å². The fraction of sp³-hybridized carbons (Fsp3) is 0.571. The van der Waals surface area contributed by atoms with Crippen molar-refractivity contribution in [2.24, 2.45) is 0 Å². The summed E-state index contributed by atoms with van der Waals surface area (Å²) in [5.74, 6) is 0.897. The van der Waals surface area contributed by atoms with Crippen LogP contribution in [-0.2, 0) is 6.42 Å². The number of ether oxygens (including phenoxy) is 1. The van der Waals surface area contributed by atoms with Gasteiger partial charge in [-0.15, -0.1) is 0 Å². The van der Waals surface area contributed by atoms with Crippen LogP contribution in [0.3, 0.4) is 0 Å². The van der Waals surface area contributed by atoms with Crippen LogP contribution in [0.5, 0.6) is 5.75 Å². The summed E-state index contributed by atoms with van der Waals surface area (Å²) >= 11 is 0. The third-order valence-corrected chi connectivity index (χ3v) is 3.42. The van der Waals surface area contributed by atoms with E-state index in [1.54, 1.807) is 7.05 Å². The van der Waals surface area contributed by atoms with Crippen LogP contribution < -0.4 is 10.1 Å². The van der Waals surface area contributed by atoms with Crippen molar-refractivity contribution in [3.8, 4) is 5.75 Å². The average Bonchev–Trinajstić information content (AvgIpc) is 2.80. The molecule has 1 heterocycles. The van der Waals surface area contributed by atoms with Gasteiger partial charge in [0.25, 0.3) is 0 Å². The molecule has 5 heteroatoms. The van der Waals surface area contributed by atoms with E-state index in [2.05, 4.69) is 5.32 Å². The average molecular weight is 273 g/mol. The van der Waals surface area contributed by atoms with Gasteiger partial charge in [0.15, 0.2) is 0 Å². The van der Waals surface area contributed by atoms with Gasteiger partial charge in [-0.1, -0.05) is 12.1 Å². The predicted octanol–water partition coefficient (Wildman–Crippen LogP) is 3.61. The molecule has 1 aliphatic heterocycles. The minimum atomic E-state index is -4.07. The third-order valence-electron chi connectivity index (χ3n) is 3.42. The molecular weight excluding hydrogens is 255 g/mol. The highest BCUT2D eigenvalue weighted by molar-refractivity contribution is 5.40. The first-order valence-electron chi connectivity index (χ1n) is 6.49. The number of alkyl halides is 3. The lowest BCUT2D eigenvalue weighted by molar-refractivity contribution is -0.135. The minimum absolute atomic E-state index is 0.0340. The Morgan fingerprint density at radius 3 is 2.84 bits per heavy atom. The Morgan fingerprint density at radius 2 is 2.16 bits per heavy atom. The zero-order chi connectivity index (χ0) is 13.9. The first-order chi connectivity index (χ1) is 8.99. The Kier molecular flexibility index (Phi) is 4.34. The van der Waals surface area contributed by atoms with E-state index in [9.17, 15) is 13.2 Å². The monoisotopic (exact) mass is 273 g/mol. The van der Waals surface area contributed by atoms with Crippen molar-refractivity contribution in [1.29, 1.82) is 0 Å². The first-order valence-corrected chi connectivity index (χ1v) is 6.49. The molecule has 0 fully saturated rings. The van der Waals surface area contributed by atoms with Gasteiger partial charge in [-0.3, -0.25) is 0 Å². The molecule has 0 aromatic heterocycles. The summed E-state index contributed by atoms with van der Waals surface area (Å²) in [6.45, 7) is 0.692. The van der Waals surface area contributed by atoms with E-state index in [-0.39, 0.29) is 12.5 Å². The Labute approximate surface area is 111 Å². The smallest absolute Gasteiger partial charge is 0.389 e. The van der Waals surface area contributed by atoms with Gasteiger partial charge in [0.2, 0.25) is 0 Å². The standard InChI is InChI=1S/C14H18F3NO/c1-18-12(3-2-7-14(15,16)17)10-4-5-13-11(9-10)6-8-19-13/h4-5,9,12,18H,2-3,6-8H2,1H3. The van der Waals surface area contributed by atoms with Crippen LogP contribution in [0.4, 0.5) is 13.2 Å². The molecule has 0 aliphatic carbocycles. The van der Waals surface area contributed by atoms with Gasteiger partial charge in [0.1, 0.15) is 5.75 Å². The summed E-state index contributed by atoms with van der Waals surface area (Å²) in [6, 6.07) is 5.84. The van der Waals surface area contributed by atoms with Crippen LogP contribution in [0.1, 0.15) is 36.4 Å². The highest BCUT2D eigenvalue weighted by atomic mass is 19.4. The van der Waals surface area contributed by atoms with Crippen LogP contribution in [0.2, 0.25) is 0 Å². The molecule has 1 aliphatic rings. The second-order valence-electron chi connectivity index (χ2n) is 4.81. The number of nitrogens with one attached hydrogen (secondary N) is 1. The van der Waals surface area contributed by atoms with Crippen molar-refractivity contribution < 1.29 is 17.9 Å². The second kappa shape index (κ2) is 5.82. The first kappa shape index (κ1) is 14.2. The molecular formula is C14H18F3NO. The lowest BCUT2D eigenvalue weighted by atomic mass is 9.98. The Hall–Kier alpha value is -1.23. The van der Waals surface area contributed by atoms with E-state index >= 15 is 0 Å². The Balaban J connectivity index is 1.97. The molecule has 0 spiro atoms. The van der Waals surface area contributed by atoms with E-state index in [1.807, 2.05) is 18.2 Å². The van der Waals surface area contributed by atoms with Gasteiger partial charge in [0.05, 0.1) is 6.61 Å². The molecule has 0 bridgehead atoms. The maximum atomic E-state index is 12.2. The van der Waals surface area contributed by atoms with Crippen molar-refractivity contribution >= 4 is 0 Å². The number of benzene rings is 1. The maximum absolute atomic E-state index is 12.2. The zero-order valence-corrected chi connectivity index (χ0v) is 10.9. The normalized spacial score (nSPS) is 16.0. The summed E-state index contributed by atoms with van der Waals surface area (Å²) in [4.78, 5) is 0. The second-order valence-corrected chi connectivity index (χ2v) is 4.81. The molecule has 1 aromatic rings. The Morgan fingerprint density at radius 1 is 1.37 bits per heavy atom. The van der Waals surface area contributed by atoms with Crippen LogP contribution in [0, 0.1) is 0 Å². The summed E-state index contributed by atoms with van der Waals surface area (Å²) in [5, 5.41) is 3.09. The molecule has 1 atom stereocenters. The van der Waals surface area contributed by atoms with Crippen molar-refractivity contribution in [2.45, 2.75) is 37.9 Å². The quantitative estimate of drug-likeness (QED) is 0.884. The molecule has 19 heavy (non-hydrogen) atoms. The molecule has 2 nitrogen and oxygen atoms in total. The highest BCUT2D eigenvalue weighted by Gasteiger charge is 2.27. The summed E-state index contributed by atoms with van der Waals surface area (Å²) in [7, 11) is 1.78.